The first kappa shape index (κ1) is 21.3. The summed E-state index contributed by atoms with van der Waals surface area (Å²) in [7, 11) is 1.75. The van der Waals surface area contributed by atoms with E-state index < -0.39 is 11.8 Å². The normalized spacial score (nSPS) is 19.6. The van der Waals surface area contributed by atoms with Gasteiger partial charge in [-0.05, 0) is 56.0 Å². The Labute approximate surface area is 179 Å². The van der Waals surface area contributed by atoms with E-state index in [-0.39, 0.29) is 23.8 Å². The van der Waals surface area contributed by atoms with Crippen LogP contribution < -0.4 is 16.6 Å². The van der Waals surface area contributed by atoms with Crippen LogP contribution in [0.15, 0.2) is 57.7 Å². The van der Waals surface area contributed by atoms with Crippen molar-refractivity contribution in [2.24, 2.45) is 0 Å². The molecule has 0 aliphatic carbocycles. The molecule has 8 heteroatoms. The van der Waals surface area contributed by atoms with Crippen molar-refractivity contribution in [3.63, 3.8) is 0 Å². The molecule has 0 bridgehead atoms. The van der Waals surface area contributed by atoms with Gasteiger partial charge in [-0.2, -0.15) is 0 Å². The van der Waals surface area contributed by atoms with Crippen LogP contribution in [0.4, 0.5) is 4.39 Å². The maximum absolute atomic E-state index is 13.5. The zero-order valence-electron chi connectivity index (χ0n) is 17.7. The molecule has 1 aliphatic rings. The standard InChI is InChI=1S/C23H27FN4O3/c1-15(28-20-10-3-4-11-21(20)31-23(28)30)22(29)27(2)12-6-9-18-14-19(26-25-18)16-7-5-8-17(24)13-16/h3-5,7-8,10-11,13,15,18-19,25-26H,6,9,12,14H2,1-2H3. The molecule has 1 amide bonds. The zero-order valence-corrected chi connectivity index (χ0v) is 17.7. The number of para-hydroxylation sites is 2. The second-order valence-corrected chi connectivity index (χ2v) is 8.11. The highest BCUT2D eigenvalue weighted by Crippen LogP contribution is 2.25. The largest absolute Gasteiger partial charge is 0.420 e. The highest BCUT2D eigenvalue weighted by atomic mass is 19.1. The molecule has 164 valence electrons. The van der Waals surface area contributed by atoms with E-state index in [1.165, 1.54) is 10.6 Å². The number of fused-ring (bicyclic) bond motifs is 1. The Morgan fingerprint density at radius 1 is 1.26 bits per heavy atom. The maximum atomic E-state index is 13.5. The summed E-state index contributed by atoms with van der Waals surface area (Å²) in [5, 5.41) is 0. The van der Waals surface area contributed by atoms with Crippen molar-refractivity contribution < 1.29 is 13.6 Å². The SMILES string of the molecule is CC(C(=O)N(C)CCCC1CC(c2cccc(F)c2)NN1)n1c(=O)oc2ccccc21. The molecule has 3 atom stereocenters. The van der Waals surface area contributed by atoms with E-state index in [4.69, 9.17) is 4.42 Å². The third-order valence-electron chi connectivity index (χ3n) is 5.92. The topological polar surface area (TPSA) is 79.5 Å². The summed E-state index contributed by atoms with van der Waals surface area (Å²) in [6.45, 7) is 2.30. The zero-order chi connectivity index (χ0) is 22.0. The minimum atomic E-state index is -0.648. The van der Waals surface area contributed by atoms with Crippen LogP contribution in [0.5, 0.6) is 0 Å². The Balaban J connectivity index is 1.30. The Bertz CT molecular complexity index is 1130. The van der Waals surface area contributed by atoms with Crippen LogP contribution in [-0.4, -0.2) is 35.0 Å². The molecule has 2 aromatic carbocycles. The molecule has 1 aromatic heterocycles. The number of hydrazine groups is 1. The minimum Gasteiger partial charge on any atom is -0.408 e. The first-order valence-corrected chi connectivity index (χ1v) is 10.6. The number of nitrogens with one attached hydrogen (secondary N) is 2. The molecular formula is C23H27FN4O3. The lowest BCUT2D eigenvalue weighted by atomic mass is 9.99. The summed E-state index contributed by atoms with van der Waals surface area (Å²) in [5.41, 5.74) is 8.51. The number of aromatic nitrogens is 1. The molecule has 1 fully saturated rings. The van der Waals surface area contributed by atoms with Gasteiger partial charge in [-0.15, -0.1) is 0 Å². The molecule has 4 rings (SSSR count). The van der Waals surface area contributed by atoms with Crippen molar-refractivity contribution >= 4 is 17.0 Å². The molecule has 0 radical (unpaired) electrons. The number of carbonyl (C=O) groups is 1. The first-order chi connectivity index (χ1) is 14.9. The Morgan fingerprint density at radius 3 is 2.87 bits per heavy atom. The van der Waals surface area contributed by atoms with Crippen molar-refractivity contribution in [1.29, 1.82) is 0 Å². The summed E-state index contributed by atoms with van der Waals surface area (Å²) in [4.78, 5) is 26.8. The van der Waals surface area contributed by atoms with Crippen molar-refractivity contribution in [1.82, 2.24) is 20.3 Å². The number of benzene rings is 2. The van der Waals surface area contributed by atoms with Crippen LogP contribution in [0, 0.1) is 5.82 Å². The number of likely N-dealkylation sites (N-methyl/N-ethyl adjacent to an activating group) is 1. The van der Waals surface area contributed by atoms with Crippen molar-refractivity contribution in [3.05, 3.63) is 70.5 Å². The van der Waals surface area contributed by atoms with E-state index >= 15 is 0 Å². The third-order valence-corrected chi connectivity index (χ3v) is 5.92. The van der Waals surface area contributed by atoms with Crippen molar-refractivity contribution in [2.45, 2.75) is 44.3 Å². The fraction of sp³-hybridized carbons (Fsp3) is 0.391. The summed E-state index contributed by atoms with van der Waals surface area (Å²) < 4.78 is 20.1. The first-order valence-electron chi connectivity index (χ1n) is 10.6. The van der Waals surface area contributed by atoms with E-state index in [2.05, 4.69) is 10.9 Å². The Morgan fingerprint density at radius 2 is 2.06 bits per heavy atom. The molecule has 0 saturated carbocycles. The van der Waals surface area contributed by atoms with Gasteiger partial charge in [-0.3, -0.25) is 20.2 Å². The molecule has 7 nitrogen and oxygen atoms in total. The average molecular weight is 426 g/mol. The lowest BCUT2D eigenvalue weighted by Gasteiger charge is -2.22. The molecule has 3 unspecified atom stereocenters. The van der Waals surface area contributed by atoms with Crippen LogP contribution >= 0.6 is 0 Å². The van der Waals surface area contributed by atoms with E-state index in [1.54, 1.807) is 49.2 Å². The Kier molecular flexibility index (Phi) is 6.20. The summed E-state index contributed by atoms with van der Waals surface area (Å²) in [6.07, 6.45) is 2.54. The van der Waals surface area contributed by atoms with Gasteiger partial charge < -0.3 is 9.32 Å². The molecular weight excluding hydrogens is 399 g/mol. The van der Waals surface area contributed by atoms with Crippen molar-refractivity contribution in [2.75, 3.05) is 13.6 Å². The van der Waals surface area contributed by atoms with Gasteiger partial charge in [-0.25, -0.2) is 9.18 Å². The van der Waals surface area contributed by atoms with Crippen LogP contribution in [0.25, 0.3) is 11.1 Å². The van der Waals surface area contributed by atoms with Crippen LogP contribution in [0.2, 0.25) is 0 Å². The van der Waals surface area contributed by atoms with Crippen LogP contribution in [0.3, 0.4) is 0 Å². The number of nitrogens with zero attached hydrogens (tertiary/aromatic N) is 2. The van der Waals surface area contributed by atoms with E-state index in [9.17, 15) is 14.0 Å². The molecule has 2 heterocycles. The summed E-state index contributed by atoms with van der Waals surface area (Å²) in [6, 6.07) is 13.4. The maximum Gasteiger partial charge on any atom is 0.420 e. The van der Waals surface area contributed by atoms with Crippen LogP contribution in [-0.2, 0) is 4.79 Å². The van der Waals surface area contributed by atoms with E-state index in [0.717, 1.165) is 24.8 Å². The van der Waals surface area contributed by atoms with Gasteiger partial charge in [0.25, 0.3) is 0 Å². The van der Waals surface area contributed by atoms with Gasteiger partial charge in [0, 0.05) is 25.7 Å². The van der Waals surface area contributed by atoms with Gasteiger partial charge in [0.15, 0.2) is 5.58 Å². The van der Waals surface area contributed by atoms with E-state index in [0.29, 0.717) is 17.6 Å². The van der Waals surface area contributed by atoms with Gasteiger partial charge >= 0.3 is 5.76 Å². The highest BCUT2D eigenvalue weighted by Gasteiger charge is 2.26. The molecule has 3 aromatic rings. The predicted octanol–water partition coefficient (Wildman–Crippen LogP) is 3.14. The van der Waals surface area contributed by atoms with Gasteiger partial charge in [0.05, 0.1) is 5.52 Å². The van der Waals surface area contributed by atoms with Gasteiger partial charge in [0.1, 0.15) is 11.9 Å². The molecule has 1 saturated heterocycles. The fourth-order valence-corrected chi connectivity index (χ4v) is 4.22. The average Bonchev–Trinajstić information content (AvgIpc) is 3.36. The quantitative estimate of drug-likeness (QED) is 0.607. The number of amides is 1. The number of halogens is 1. The monoisotopic (exact) mass is 426 g/mol. The highest BCUT2D eigenvalue weighted by molar-refractivity contribution is 5.82. The lowest BCUT2D eigenvalue weighted by molar-refractivity contribution is -0.133. The third kappa shape index (κ3) is 4.55. The minimum absolute atomic E-state index is 0.0707. The van der Waals surface area contributed by atoms with Crippen LogP contribution in [0.1, 0.15) is 43.8 Å². The summed E-state index contributed by atoms with van der Waals surface area (Å²) in [5.74, 6) is -0.898. The molecule has 0 spiro atoms. The number of rotatable bonds is 7. The number of hydrogen-bond donors (Lipinski definition) is 2. The molecule has 1 aliphatic heterocycles. The van der Waals surface area contributed by atoms with Gasteiger partial charge in [-0.1, -0.05) is 24.3 Å². The smallest absolute Gasteiger partial charge is 0.408 e. The predicted molar refractivity (Wildman–Crippen MR) is 116 cm³/mol. The fourth-order valence-electron chi connectivity index (χ4n) is 4.22. The number of oxazole rings is 1. The second kappa shape index (κ2) is 9.03. The molecule has 2 N–H and O–H groups in total. The van der Waals surface area contributed by atoms with Gasteiger partial charge in [0.2, 0.25) is 5.91 Å². The Hall–Kier alpha value is -2.97. The van der Waals surface area contributed by atoms with Crippen molar-refractivity contribution in [3.8, 4) is 0 Å². The number of hydrogen-bond acceptors (Lipinski definition) is 5. The second-order valence-electron chi connectivity index (χ2n) is 8.11. The van der Waals surface area contributed by atoms with E-state index in [1.807, 2.05) is 12.1 Å². The lowest BCUT2D eigenvalue weighted by Crippen LogP contribution is -2.37. The summed E-state index contributed by atoms with van der Waals surface area (Å²) >= 11 is 0. The molecule has 31 heavy (non-hydrogen) atoms. The number of carbonyl (C=O) groups excluding carboxylic acids is 1.